The summed E-state index contributed by atoms with van der Waals surface area (Å²) in [6.07, 6.45) is 6.09. The molecule has 0 aliphatic carbocycles. The molecule has 0 unspecified atom stereocenters. The van der Waals surface area contributed by atoms with Gasteiger partial charge < -0.3 is 4.57 Å². The first-order chi connectivity index (χ1) is 14.0. The van der Waals surface area contributed by atoms with E-state index >= 15 is 0 Å². The molecule has 9 heteroatoms. The number of benzene rings is 2. The lowest BCUT2D eigenvalue weighted by Gasteiger charge is -2.20. The van der Waals surface area contributed by atoms with Gasteiger partial charge in [0, 0.05) is 30.5 Å². The summed E-state index contributed by atoms with van der Waals surface area (Å²) in [4.78, 5) is 23.7. The highest BCUT2D eigenvalue weighted by Crippen LogP contribution is 2.34. The van der Waals surface area contributed by atoms with E-state index in [9.17, 15) is 4.79 Å². The third-order valence-corrected chi connectivity index (χ3v) is 6.25. The second-order valence-corrected chi connectivity index (χ2v) is 8.58. The van der Waals surface area contributed by atoms with E-state index in [-0.39, 0.29) is 5.91 Å². The highest BCUT2D eigenvalue weighted by atomic mass is 35.5. The summed E-state index contributed by atoms with van der Waals surface area (Å²) >= 11 is 20.0. The predicted octanol–water partition coefficient (Wildman–Crippen LogP) is 6.19. The van der Waals surface area contributed by atoms with Gasteiger partial charge in [-0.3, -0.25) is 9.69 Å². The molecule has 0 bridgehead atoms. The van der Waals surface area contributed by atoms with E-state index < -0.39 is 0 Å². The zero-order chi connectivity index (χ0) is 20.4. The van der Waals surface area contributed by atoms with Gasteiger partial charge in [-0.1, -0.05) is 52.2 Å². The number of carbonyl (C=O) groups is 1. The van der Waals surface area contributed by atoms with Crippen molar-refractivity contribution in [3.05, 3.63) is 75.8 Å². The first-order valence-corrected chi connectivity index (χ1v) is 10.8. The fraction of sp³-hybridized carbons (Fsp3) is 0.150. The Hall–Kier alpha value is -2.12. The second-order valence-electron chi connectivity index (χ2n) is 6.32. The molecular formula is C20H15Cl3N4OS. The van der Waals surface area contributed by atoms with E-state index in [0.717, 1.165) is 17.7 Å². The van der Waals surface area contributed by atoms with Gasteiger partial charge in [0.15, 0.2) is 5.13 Å². The van der Waals surface area contributed by atoms with Crippen molar-refractivity contribution in [2.75, 3.05) is 11.4 Å². The Kier molecular flexibility index (Phi) is 6.06. The van der Waals surface area contributed by atoms with Crippen LogP contribution in [-0.2, 0) is 6.54 Å². The van der Waals surface area contributed by atoms with E-state index in [0.29, 0.717) is 37.8 Å². The van der Waals surface area contributed by atoms with E-state index in [1.807, 2.05) is 22.9 Å². The van der Waals surface area contributed by atoms with Crippen molar-refractivity contribution in [2.45, 2.75) is 13.0 Å². The molecular weight excluding hydrogens is 451 g/mol. The maximum atomic E-state index is 13.3. The van der Waals surface area contributed by atoms with Gasteiger partial charge in [-0.2, -0.15) is 0 Å². The number of thiazole rings is 1. The fourth-order valence-corrected chi connectivity index (χ4v) is 4.72. The summed E-state index contributed by atoms with van der Waals surface area (Å²) in [7, 11) is 0. The van der Waals surface area contributed by atoms with E-state index in [4.69, 9.17) is 34.8 Å². The molecule has 4 aromatic rings. The van der Waals surface area contributed by atoms with Crippen molar-refractivity contribution in [1.29, 1.82) is 0 Å². The molecule has 0 N–H and O–H groups in total. The van der Waals surface area contributed by atoms with Gasteiger partial charge in [0.05, 0.1) is 26.6 Å². The third kappa shape index (κ3) is 4.41. The Balaban J connectivity index is 1.67. The normalized spacial score (nSPS) is 11.1. The first-order valence-electron chi connectivity index (χ1n) is 8.80. The number of carbonyl (C=O) groups excluding carboxylic acids is 1. The lowest BCUT2D eigenvalue weighted by molar-refractivity contribution is 0.0986. The van der Waals surface area contributed by atoms with Crippen LogP contribution in [0.3, 0.4) is 0 Å². The van der Waals surface area contributed by atoms with Crippen LogP contribution in [-0.4, -0.2) is 27.0 Å². The molecule has 2 aromatic carbocycles. The van der Waals surface area contributed by atoms with Crippen molar-refractivity contribution >= 4 is 67.4 Å². The average molecular weight is 466 g/mol. The number of aromatic nitrogens is 3. The van der Waals surface area contributed by atoms with Crippen molar-refractivity contribution in [1.82, 2.24) is 14.5 Å². The molecule has 0 saturated carbocycles. The van der Waals surface area contributed by atoms with Crippen LogP contribution in [0.1, 0.15) is 16.8 Å². The number of fused-ring (bicyclic) bond motifs is 1. The van der Waals surface area contributed by atoms with Gasteiger partial charge in [0.25, 0.3) is 5.91 Å². The minimum absolute atomic E-state index is 0.229. The van der Waals surface area contributed by atoms with Crippen LogP contribution in [0.25, 0.3) is 10.2 Å². The van der Waals surface area contributed by atoms with Gasteiger partial charge in [-0.05, 0) is 36.8 Å². The second kappa shape index (κ2) is 8.71. The van der Waals surface area contributed by atoms with Gasteiger partial charge in [0.1, 0.15) is 5.52 Å². The lowest BCUT2D eigenvalue weighted by Crippen LogP contribution is -2.32. The zero-order valence-corrected chi connectivity index (χ0v) is 18.1. The largest absolute Gasteiger partial charge is 0.337 e. The fourth-order valence-electron chi connectivity index (χ4n) is 2.94. The Morgan fingerprint density at radius 3 is 2.72 bits per heavy atom. The maximum Gasteiger partial charge on any atom is 0.261 e. The summed E-state index contributed by atoms with van der Waals surface area (Å²) in [6.45, 7) is 1.19. The number of imidazole rings is 1. The molecule has 1 amide bonds. The van der Waals surface area contributed by atoms with Crippen LogP contribution < -0.4 is 4.90 Å². The molecule has 4 rings (SSSR count). The van der Waals surface area contributed by atoms with Crippen LogP contribution in [0.4, 0.5) is 5.13 Å². The zero-order valence-electron chi connectivity index (χ0n) is 15.1. The molecule has 0 radical (unpaired) electrons. The Bertz CT molecular complexity index is 1160. The molecule has 0 saturated heterocycles. The number of hydrogen-bond donors (Lipinski definition) is 0. The summed E-state index contributed by atoms with van der Waals surface area (Å²) < 4.78 is 2.88. The molecule has 0 aliphatic heterocycles. The average Bonchev–Trinajstić information content (AvgIpc) is 3.35. The Morgan fingerprint density at radius 2 is 2.00 bits per heavy atom. The molecule has 0 aliphatic rings. The van der Waals surface area contributed by atoms with Crippen LogP contribution in [0, 0.1) is 0 Å². The smallest absolute Gasteiger partial charge is 0.261 e. The van der Waals surface area contributed by atoms with Gasteiger partial charge in [0.2, 0.25) is 0 Å². The monoisotopic (exact) mass is 464 g/mol. The number of hydrogen-bond acceptors (Lipinski definition) is 4. The van der Waals surface area contributed by atoms with Crippen LogP contribution >= 0.6 is 46.1 Å². The Morgan fingerprint density at radius 1 is 1.14 bits per heavy atom. The topological polar surface area (TPSA) is 51.0 Å². The van der Waals surface area contributed by atoms with Crippen molar-refractivity contribution in [3.8, 4) is 0 Å². The molecule has 5 nitrogen and oxygen atoms in total. The third-order valence-electron chi connectivity index (χ3n) is 4.35. The van der Waals surface area contributed by atoms with Crippen molar-refractivity contribution < 1.29 is 4.79 Å². The standard InChI is InChI=1S/C20H15Cl3N4OS/c21-13-5-6-14(16(23)11-13)19(28)27(9-2-8-26-10-7-24-12-26)20-25-18-15(22)3-1-4-17(18)29-20/h1,3-7,10-12H,2,8-9H2. The maximum absolute atomic E-state index is 13.3. The lowest BCUT2D eigenvalue weighted by atomic mass is 10.2. The highest BCUT2D eigenvalue weighted by Gasteiger charge is 2.23. The number of halogens is 3. The highest BCUT2D eigenvalue weighted by molar-refractivity contribution is 7.22. The van der Waals surface area contributed by atoms with Gasteiger partial charge in [-0.25, -0.2) is 9.97 Å². The summed E-state index contributed by atoms with van der Waals surface area (Å²) in [5.74, 6) is -0.229. The quantitative estimate of drug-likeness (QED) is 0.341. The van der Waals surface area contributed by atoms with E-state index in [1.54, 1.807) is 41.7 Å². The number of anilines is 1. The van der Waals surface area contributed by atoms with Crippen molar-refractivity contribution in [3.63, 3.8) is 0 Å². The number of aryl methyl sites for hydroxylation is 1. The minimum Gasteiger partial charge on any atom is -0.337 e. The molecule has 2 heterocycles. The number of para-hydroxylation sites is 1. The summed E-state index contributed by atoms with van der Waals surface area (Å²) in [5, 5.41) is 1.92. The molecule has 2 aromatic heterocycles. The number of rotatable bonds is 6. The SMILES string of the molecule is O=C(c1ccc(Cl)cc1Cl)N(CCCn1ccnc1)c1nc2c(Cl)cccc2s1. The Labute approximate surface area is 186 Å². The first kappa shape index (κ1) is 20.2. The molecule has 0 spiro atoms. The van der Waals surface area contributed by atoms with Gasteiger partial charge >= 0.3 is 0 Å². The summed E-state index contributed by atoms with van der Waals surface area (Å²) in [5.41, 5.74) is 1.06. The van der Waals surface area contributed by atoms with Crippen LogP contribution in [0.5, 0.6) is 0 Å². The molecule has 0 fully saturated rings. The van der Waals surface area contributed by atoms with E-state index in [2.05, 4.69) is 9.97 Å². The number of nitrogens with zero attached hydrogens (tertiary/aromatic N) is 4. The van der Waals surface area contributed by atoms with Crippen molar-refractivity contribution in [2.24, 2.45) is 0 Å². The summed E-state index contributed by atoms with van der Waals surface area (Å²) in [6, 6.07) is 10.4. The predicted molar refractivity (Wildman–Crippen MR) is 120 cm³/mol. The molecule has 29 heavy (non-hydrogen) atoms. The van der Waals surface area contributed by atoms with Gasteiger partial charge in [-0.15, -0.1) is 0 Å². The van der Waals surface area contributed by atoms with Crippen LogP contribution in [0.2, 0.25) is 15.1 Å². The van der Waals surface area contributed by atoms with Crippen LogP contribution in [0.15, 0.2) is 55.1 Å². The minimum atomic E-state index is -0.229. The molecule has 148 valence electrons. The molecule has 0 atom stereocenters. The van der Waals surface area contributed by atoms with E-state index in [1.165, 1.54) is 11.3 Å². The number of amides is 1.